The van der Waals surface area contributed by atoms with E-state index >= 15 is 0 Å². The minimum absolute atomic E-state index is 0.135. The molecule has 4 aromatic rings. The molecule has 150 valence electrons. The molecule has 0 aliphatic carbocycles. The van der Waals surface area contributed by atoms with Crippen LogP contribution in [0.2, 0.25) is 5.02 Å². The van der Waals surface area contributed by atoms with Crippen molar-refractivity contribution in [3.63, 3.8) is 0 Å². The Morgan fingerprint density at radius 3 is 2.57 bits per heavy atom. The maximum Gasteiger partial charge on any atom is 0.266 e. The number of hydrogen-bond acceptors (Lipinski definition) is 4. The summed E-state index contributed by atoms with van der Waals surface area (Å²) in [5.74, 6) is 0.00181. The van der Waals surface area contributed by atoms with Gasteiger partial charge < -0.3 is 5.32 Å². The summed E-state index contributed by atoms with van der Waals surface area (Å²) in [7, 11) is 0. The van der Waals surface area contributed by atoms with E-state index < -0.39 is 0 Å². The summed E-state index contributed by atoms with van der Waals surface area (Å²) in [5, 5.41) is 4.36. The number of benzene rings is 3. The molecule has 30 heavy (non-hydrogen) atoms. The number of aromatic nitrogens is 2. The third kappa shape index (κ3) is 4.56. The summed E-state index contributed by atoms with van der Waals surface area (Å²) >= 11 is 7.35. The first-order valence-corrected chi connectivity index (χ1v) is 10.7. The number of nitrogens with zero attached hydrogens (tertiary/aromatic N) is 2. The second-order valence-electron chi connectivity index (χ2n) is 6.58. The standard InChI is InChI=1S/C23H18ClN3O2S/c24-17-9-6-10-18(13-17)27-22(29)19-11-4-5-12-20(19)26-23(27)30-15-21(28)25-14-16-7-2-1-3-8-16/h1-13H,14-15H2,(H,25,28). The summed E-state index contributed by atoms with van der Waals surface area (Å²) in [6.45, 7) is 0.451. The Kier molecular flexibility index (Phi) is 6.16. The van der Waals surface area contributed by atoms with E-state index in [1.54, 1.807) is 42.5 Å². The van der Waals surface area contributed by atoms with Gasteiger partial charge in [0, 0.05) is 11.6 Å². The van der Waals surface area contributed by atoms with Crippen LogP contribution in [0.5, 0.6) is 0 Å². The molecule has 7 heteroatoms. The third-order valence-electron chi connectivity index (χ3n) is 4.48. The van der Waals surface area contributed by atoms with Crippen molar-refractivity contribution in [3.05, 3.63) is 99.8 Å². The molecule has 0 saturated heterocycles. The zero-order chi connectivity index (χ0) is 20.9. The van der Waals surface area contributed by atoms with Gasteiger partial charge in [0.25, 0.3) is 5.56 Å². The monoisotopic (exact) mass is 435 g/mol. The molecule has 0 atom stereocenters. The predicted molar refractivity (Wildman–Crippen MR) is 121 cm³/mol. The number of amides is 1. The van der Waals surface area contributed by atoms with Crippen molar-refractivity contribution in [2.45, 2.75) is 11.7 Å². The average Bonchev–Trinajstić information content (AvgIpc) is 2.77. The van der Waals surface area contributed by atoms with E-state index in [1.807, 2.05) is 36.4 Å². The molecular formula is C23H18ClN3O2S. The van der Waals surface area contributed by atoms with Gasteiger partial charge in [0.15, 0.2) is 5.16 Å². The molecule has 0 bridgehead atoms. The first-order chi connectivity index (χ1) is 14.6. The van der Waals surface area contributed by atoms with Gasteiger partial charge in [0.05, 0.1) is 22.3 Å². The van der Waals surface area contributed by atoms with E-state index in [0.717, 1.165) is 5.56 Å². The number of fused-ring (bicyclic) bond motifs is 1. The molecule has 0 aliphatic heterocycles. The molecule has 0 radical (unpaired) electrons. The van der Waals surface area contributed by atoms with Crippen LogP contribution in [0.3, 0.4) is 0 Å². The molecule has 0 aliphatic rings. The fourth-order valence-corrected chi connectivity index (χ4v) is 4.06. The van der Waals surface area contributed by atoms with Crippen LogP contribution < -0.4 is 10.9 Å². The van der Waals surface area contributed by atoms with Crippen LogP contribution >= 0.6 is 23.4 Å². The van der Waals surface area contributed by atoms with Crippen LogP contribution in [0, 0.1) is 0 Å². The van der Waals surface area contributed by atoms with Crippen molar-refractivity contribution < 1.29 is 4.79 Å². The van der Waals surface area contributed by atoms with Crippen molar-refractivity contribution in [3.8, 4) is 5.69 Å². The van der Waals surface area contributed by atoms with Gasteiger partial charge in [-0.1, -0.05) is 71.9 Å². The van der Waals surface area contributed by atoms with Gasteiger partial charge in [-0.3, -0.25) is 14.2 Å². The van der Waals surface area contributed by atoms with E-state index in [9.17, 15) is 9.59 Å². The lowest BCUT2D eigenvalue weighted by Crippen LogP contribution is -2.26. The average molecular weight is 436 g/mol. The number of carbonyl (C=O) groups excluding carboxylic acids is 1. The fraction of sp³-hybridized carbons (Fsp3) is 0.0870. The Balaban J connectivity index is 1.61. The molecule has 3 aromatic carbocycles. The van der Waals surface area contributed by atoms with Crippen LogP contribution in [0.4, 0.5) is 0 Å². The number of nitrogens with one attached hydrogen (secondary N) is 1. The summed E-state index contributed by atoms with van der Waals surface area (Å²) in [6, 6.07) is 23.9. The molecule has 1 heterocycles. The van der Waals surface area contributed by atoms with E-state index in [0.29, 0.717) is 33.3 Å². The maximum absolute atomic E-state index is 13.2. The molecule has 1 aromatic heterocycles. The summed E-state index contributed by atoms with van der Waals surface area (Å²) in [6.07, 6.45) is 0. The summed E-state index contributed by atoms with van der Waals surface area (Å²) in [5.41, 5.74) is 2.02. The van der Waals surface area contributed by atoms with Crippen molar-refractivity contribution in [2.24, 2.45) is 0 Å². The Labute approximate surface area is 182 Å². The van der Waals surface area contributed by atoms with Gasteiger partial charge in [-0.25, -0.2) is 4.98 Å². The molecule has 0 unspecified atom stereocenters. The fourth-order valence-electron chi connectivity index (χ4n) is 3.03. The lowest BCUT2D eigenvalue weighted by molar-refractivity contribution is -0.118. The van der Waals surface area contributed by atoms with Gasteiger partial charge in [-0.2, -0.15) is 0 Å². The maximum atomic E-state index is 13.2. The first-order valence-electron chi connectivity index (χ1n) is 9.33. The van der Waals surface area contributed by atoms with Gasteiger partial charge in [0.2, 0.25) is 5.91 Å². The third-order valence-corrected chi connectivity index (χ3v) is 5.65. The highest BCUT2D eigenvalue weighted by molar-refractivity contribution is 7.99. The highest BCUT2D eigenvalue weighted by atomic mass is 35.5. The van der Waals surface area contributed by atoms with Gasteiger partial charge in [-0.05, 0) is 35.9 Å². The second-order valence-corrected chi connectivity index (χ2v) is 7.96. The zero-order valence-electron chi connectivity index (χ0n) is 15.9. The topological polar surface area (TPSA) is 64.0 Å². The predicted octanol–water partition coefficient (Wildman–Crippen LogP) is 4.45. The lowest BCUT2D eigenvalue weighted by Gasteiger charge is -2.13. The highest BCUT2D eigenvalue weighted by Gasteiger charge is 2.15. The summed E-state index contributed by atoms with van der Waals surface area (Å²) in [4.78, 5) is 30.2. The Morgan fingerprint density at radius 1 is 1.00 bits per heavy atom. The zero-order valence-corrected chi connectivity index (χ0v) is 17.5. The minimum atomic E-state index is -0.199. The van der Waals surface area contributed by atoms with Gasteiger partial charge in [-0.15, -0.1) is 0 Å². The molecule has 1 N–H and O–H groups in total. The minimum Gasteiger partial charge on any atom is -0.351 e. The van der Waals surface area contributed by atoms with Crippen molar-refractivity contribution in [1.29, 1.82) is 0 Å². The molecule has 0 fully saturated rings. The quantitative estimate of drug-likeness (QED) is 0.359. The molecule has 4 rings (SSSR count). The Morgan fingerprint density at radius 2 is 1.77 bits per heavy atom. The molecular weight excluding hydrogens is 418 g/mol. The number of hydrogen-bond donors (Lipinski definition) is 1. The second kappa shape index (κ2) is 9.15. The number of carbonyl (C=O) groups is 1. The molecule has 1 amide bonds. The number of halogens is 1. The Hall–Kier alpha value is -3.09. The number of thioether (sulfide) groups is 1. The van der Waals surface area contributed by atoms with Crippen molar-refractivity contribution in [1.82, 2.24) is 14.9 Å². The van der Waals surface area contributed by atoms with E-state index in [-0.39, 0.29) is 17.2 Å². The van der Waals surface area contributed by atoms with E-state index in [1.165, 1.54) is 16.3 Å². The summed E-state index contributed by atoms with van der Waals surface area (Å²) < 4.78 is 1.50. The van der Waals surface area contributed by atoms with E-state index in [2.05, 4.69) is 10.3 Å². The highest BCUT2D eigenvalue weighted by Crippen LogP contribution is 2.22. The Bertz CT molecular complexity index is 1260. The smallest absolute Gasteiger partial charge is 0.266 e. The normalized spacial score (nSPS) is 10.8. The van der Waals surface area contributed by atoms with Crippen LogP contribution in [-0.2, 0) is 11.3 Å². The first kappa shape index (κ1) is 20.2. The molecule has 5 nitrogen and oxygen atoms in total. The van der Waals surface area contributed by atoms with Crippen LogP contribution in [0.15, 0.2) is 88.8 Å². The SMILES string of the molecule is O=C(CSc1nc2ccccc2c(=O)n1-c1cccc(Cl)c1)NCc1ccccc1. The van der Waals surface area contributed by atoms with Gasteiger partial charge in [0.1, 0.15) is 0 Å². The molecule has 0 spiro atoms. The van der Waals surface area contributed by atoms with Crippen LogP contribution in [0.1, 0.15) is 5.56 Å². The van der Waals surface area contributed by atoms with Crippen LogP contribution in [-0.4, -0.2) is 21.2 Å². The van der Waals surface area contributed by atoms with Crippen LogP contribution in [0.25, 0.3) is 16.6 Å². The largest absolute Gasteiger partial charge is 0.351 e. The van der Waals surface area contributed by atoms with Crippen molar-refractivity contribution in [2.75, 3.05) is 5.75 Å². The van der Waals surface area contributed by atoms with Crippen molar-refractivity contribution >= 4 is 40.2 Å². The van der Waals surface area contributed by atoms with E-state index in [4.69, 9.17) is 11.6 Å². The molecule has 0 saturated carbocycles. The van der Waals surface area contributed by atoms with Gasteiger partial charge >= 0.3 is 0 Å². The number of para-hydroxylation sites is 1. The number of rotatable bonds is 6. The lowest BCUT2D eigenvalue weighted by atomic mass is 10.2.